The van der Waals surface area contributed by atoms with Gasteiger partial charge in [-0.1, -0.05) is 25.7 Å². The first-order valence-electron chi connectivity index (χ1n) is 10.6. The number of unbranched alkanes of at least 4 members (excludes halogenated alkanes) is 7. The average Bonchev–Trinajstić information content (AvgIpc) is 2.64. The molecule has 2 amide bonds. The van der Waals surface area contributed by atoms with Gasteiger partial charge in [0.2, 0.25) is 11.8 Å². The van der Waals surface area contributed by atoms with Gasteiger partial charge in [-0.2, -0.15) is 0 Å². The zero-order chi connectivity index (χ0) is 21.5. The largest absolute Gasteiger partial charge is 0.481 e. The fourth-order valence-corrected chi connectivity index (χ4v) is 2.45. The van der Waals surface area contributed by atoms with Crippen LogP contribution in [-0.4, -0.2) is 49.1 Å². The Labute approximate surface area is 170 Å². The number of carbonyl (C=O) groups is 3. The van der Waals surface area contributed by atoms with Gasteiger partial charge in [0.25, 0.3) is 5.97 Å². The SMILES string of the molecule is CC(=O)O.NCCCCCCNC(=O)CCCCC(=O)NCCCCCCN. The van der Waals surface area contributed by atoms with Crippen LogP contribution in [0.2, 0.25) is 0 Å². The Hall–Kier alpha value is -1.67. The van der Waals surface area contributed by atoms with Gasteiger partial charge in [-0.3, -0.25) is 14.4 Å². The molecule has 0 aromatic carbocycles. The summed E-state index contributed by atoms with van der Waals surface area (Å²) >= 11 is 0. The maximum absolute atomic E-state index is 11.6. The van der Waals surface area contributed by atoms with Crippen LogP contribution < -0.4 is 22.1 Å². The zero-order valence-electron chi connectivity index (χ0n) is 17.6. The fourth-order valence-electron chi connectivity index (χ4n) is 2.45. The minimum Gasteiger partial charge on any atom is -0.481 e. The number of rotatable bonds is 17. The lowest BCUT2D eigenvalue weighted by Crippen LogP contribution is -2.25. The Morgan fingerprint density at radius 3 is 1.29 bits per heavy atom. The van der Waals surface area contributed by atoms with Crippen LogP contribution in [0.5, 0.6) is 0 Å². The Bertz CT molecular complexity index is 358. The number of hydrogen-bond donors (Lipinski definition) is 5. The molecule has 28 heavy (non-hydrogen) atoms. The molecule has 8 heteroatoms. The number of carboxylic acids is 1. The topological polar surface area (TPSA) is 148 Å². The van der Waals surface area contributed by atoms with Crippen LogP contribution in [0.25, 0.3) is 0 Å². The number of carbonyl (C=O) groups excluding carboxylic acids is 2. The van der Waals surface area contributed by atoms with Gasteiger partial charge in [-0.15, -0.1) is 0 Å². The van der Waals surface area contributed by atoms with E-state index in [9.17, 15) is 9.59 Å². The molecule has 7 N–H and O–H groups in total. The van der Waals surface area contributed by atoms with Crippen LogP contribution in [0.3, 0.4) is 0 Å². The summed E-state index contributed by atoms with van der Waals surface area (Å²) in [5, 5.41) is 13.3. The third kappa shape index (κ3) is 29.1. The molecular formula is C20H42N4O4. The van der Waals surface area contributed by atoms with E-state index in [4.69, 9.17) is 21.4 Å². The second-order valence-electron chi connectivity index (χ2n) is 6.83. The molecule has 0 radical (unpaired) electrons. The highest BCUT2D eigenvalue weighted by molar-refractivity contribution is 5.77. The van der Waals surface area contributed by atoms with E-state index in [2.05, 4.69) is 10.6 Å². The van der Waals surface area contributed by atoms with Crippen LogP contribution in [-0.2, 0) is 14.4 Å². The van der Waals surface area contributed by atoms with Gasteiger partial charge in [0.1, 0.15) is 0 Å². The highest BCUT2D eigenvalue weighted by Gasteiger charge is 2.03. The minimum atomic E-state index is -0.833. The van der Waals surface area contributed by atoms with Crippen molar-refractivity contribution in [2.45, 2.75) is 84.0 Å². The summed E-state index contributed by atoms with van der Waals surface area (Å²) in [6.07, 6.45) is 11.2. The van der Waals surface area contributed by atoms with Gasteiger partial charge >= 0.3 is 0 Å². The van der Waals surface area contributed by atoms with E-state index in [0.717, 1.165) is 97.3 Å². The van der Waals surface area contributed by atoms with E-state index in [1.807, 2.05) is 0 Å². The first-order valence-corrected chi connectivity index (χ1v) is 10.6. The van der Waals surface area contributed by atoms with Crippen molar-refractivity contribution in [3.8, 4) is 0 Å². The van der Waals surface area contributed by atoms with Gasteiger partial charge in [0.15, 0.2) is 0 Å². The third-order valence-corrected chi connectivity index (χ3v) is 3.96. The Kier molecular flexibility index (Phi) is 23.8. The van der Waals surface area contributed by atoms with Crippen LogP contribution in [0.1, 0.15) is 84.0 Å². The number of nitrogens with two attached hydrogens (primary N) is 2. The predicted molar refractivity (Wildman–Crippen MR) is 113 cm³/mol. The molecule has 0 unspecified atom stereocenters. The summed E-state index contributed by atoms with van der Waals surface area (Å²) in [7, 11) is 0. The van der Waals surface area contributed by atoms with Crippen LogP contribution >= 0.6 is 0 Å². The molecule has 0 saturated carbocycles. The van der Waals surface area contributed by atoms with Crippen molar-refractivity contribution in [3.05, 3.63) is 0 Å². The monoisotopic (exact) mass is 402 g/mol. The Balaban J connectivity index is 0. The predicted octanol–water partition coefficient (Wildman–Crippen LogP) is 1.91. The van der Waals surface area contributed by atoms with E-state index in [1.165, 1.54) is 0 Å². The fraction of sp³-hybridized carbons (Fsp3) is 0.850. The lowest BCUT2D eigenvalue weighted by Gasteiger charge is -2.06. The maximum atomic E-state index is 11.6. The van der Waals surface area contributed by atoms with Crippen LogP contribution in [0, 0.1) is 0 Å². The van der Waals surface area contributed by atoms with E-state index < -0.39 is 5.97 Å². The molecule has 0 aliphatic carbocycles. The zero-order valence-corrected chi connectivity index (χ0v) is 17.6. The standard InChI is InChI=1S/C18H38N4O2.C2H4O2/c19-13-7-1-3-9-15-21-17(23)11-5-6-12-18(24)22-16-10-4-2-8-14-20;1-2(3)4/h1-16,19-20H2,(H,21,23)(H,22,24);1H3,(H,3,4). The summed E-state index contributed by atoms with van der Waals surface area (Å²) in [6, 6.07) is 0. The Morgan fingerprint density at radius 2 is 0.964 bits per heavy atom. The molecule has 0 atom stereocenters. The summed E-state index contributed by atoms with van der Waals surface area (Å²) in [5.74, 6) is -0.650. The molecule has 0 spiro atoms. The molecule has 0 aromatic heterocycles. The third-order valence-electron chi connectivity index (χ3n) is 3.96. The number of aliphatic carboxylic acids is 1. The minimum absolute atomic E-state index is 0.0918. The first kappa shape index (κ1) is 28.5. The quantitative estimate of drug-likeness (QED) is 0.235. The number of carboxylic acid groups (broad SMARTS) is 1. The molecule has 8 nitrogen and oxygen atoms in total. The van der Waals surface area contributed by atoms with Gasteiger partial charge in [-0.05, 0) is 51.6 Å². The second kappa shape index (κ2) is 23.4. The average molecular weight is 403 g/mol. The number of hydrogen-bond acceptors (Lipinski definition) is 5. The highest BCUT2D eigenvalue weighted by Crippen LogP contribution is 2.02. The van der Waals surface area contributed by atoms with Crippen molar-refractivity contribution < 1.29 is 19.5 Å². The normalized spacial score (nSPS) is 9.96. The number of nitrogens with one attached hydrogen (secondary N) is 2. The molecule has 166 valence electrons. The van der Waals surface area contributed by atoms with Crippen molar-refractivity contribution in [1.29, 1.82) is 0 Å². The van der Waals surface area contributed by atoms with Gasteiger partial charge in [0.05, 0.1) is 0 Å². The highest BCUT2D eigenvalue weighted by atomic mass is 16.4. The van der Waals surface area contributed by atoms with Crippen LogP contribution in [0.4, 0.5) is 0 Å². The number of amides is 2. The van der Waals surface area contributed by atoms with E-state index in [-0.39, 0.29) is 11.8 Å². The summed E-state index contributed by atoms with van der Waals surface area (Å²) < 4.78 is 0. The van der Waals surface area contributed by atoms with Gasteiger partial charge in [-0.25, -0.2) is 0 Å². The first-order chi connectivity index (χ1) is 13.4. The second-order valence-corrected chi connectivity index (χ2v) is 6.83. The molecule has 0 aromatic rings. The molecule has 0 fully saturated rings. The van der Waals surface area contributed by atoms with Crippen molar-refractivity contribution in [1.82, 2.24) is 10.6 Å². The van der Waals surface area contributed by atoms with Crippen molar-refractivity contribution in [3.63, 3.8) is 0 Å². The molecule has 0 saturated heterocycles. The van der Waals surface area contributed by atoms with Gasteiger partial charge < -0.3 is 27.2 Å². The summed E-state index contributed by atoms with van der Waals surface area (Å²) in [6.45, 7) is 4.06. The molecule has 0 aliphatic heterocycles. The van der Waals surface area contributed by atoms with Crippen molar-refractivity contribution in [2.75, 3.05) is 26.2 Å². The maximum Gasteiger partial charge on any atom is 0.300 e. The lowest BCUT2D eigenvalue weighted by atomic mass is 10.1. The molecule has 0 heterocycles. The van der Waals surface area contributed by atoms with E-state index >= 15 is 0 Å². The summed E-state index contributed by atoms with van der Waals surface area (Å²) in [5.41, 5.74) is 10.9. The molecule has 0 rings (SSSR count). The molecule has 0 aliphatic rings. The Morgan fingerprint density at radius 1 is 0.643 bits per heavy atom. The van der Waals surface area contributed by atoms with E-state index in [1.54, 1.807) is 0 Å². The van der Waals surface area contributed by atoms with Crippen molar-refractivity contribution >= 4 is 17.8 Å². The molecule has 0 bridgehead atoms. The van der Waals surface area contributed by atoms with Gasteiger partial charge in [0, 0.05) is 32.9 Å². The van der Waals surface area contributed by atoms with Crippen LogP contribution in [0.15, 0.2) is 0 Å². The van der Waals surface area contributed by atoms with Crippen molar-refractivity contribution in [2.24, 2.45) is 11.5 Å². The lowest BCUT2D eigenvalue weighted by molar-refractivity contribution is -0.134. The molecular weight excluding hydrogens is 360 g/mol. The van der Waals surface area contributed by atoms with E-state index in [0.29, 0.717) is 12.8 Å². The summed E-state index contributed by atoms with van der Waals surface area (Å²) in [4.78, 5) is 32.3. The smallest absolute Gasteiger partial charge is 0.300 e.